The van der Waals surface area contributed by atoms with E-state index >= 15 is 0 Å². The van der Waals surface area contributed by atoms with E-state index in [1.165, 1.54) is 11.8 Å². The van der Waals surface area contributed by atoms with E-state index < -0.39 is 10.0 Å². The summed E-state index contributed by atoms with van der Waals surface area (Å²) in [5, 5.41) is 3.64. The highest BCUT2D eigenvalue weighted by atomic mass is 32.2. The van der Waals surface area contributed by atoms with Gasteiger partial charge in [-0.25, -0.2) is 18.4 Å². The van der Waals surface area contributed by atoms with Crippen LogP contribution >= 0.6 is 11.8 Å². The van der Waals surface area contributed by atoms with Gasteiger partial charge in [0.1, 0.15) is 0 Å². The molecular weight excluding hydrogens is 468 g/mol. The largest absolute Gasteiger partial charge is 0.326 e. The van der Waals surface area contributed by atoms with Crippen molar-refractivity contribution >= 4 is 33.4 Å². The maximum atomic E-state index is 12.8. The highest BCUT2D eigenvalue weighted by molar-refractivity contribution is 7.99. The quantitative estimate of drug-likeness (QED) is 0.455. The van der Waals surface area contributed by atoms with Crippen molar-refractivity contribution in [2.45, 2.75) is 54.0 Å². The zero-order chi connectivity index (χ0) is 24.0. The fourth-order valence-electron chi connectivity index (χ4n) is 3.84. The molecule has 4 rings (SSSR count). The topological polar surface area (TPSA) is 92.3 Å². The number of aromatic nitrogens is 2. The molecule has 0 atom stereocenters. The van der Waals surface area contributed by atoms with Gasteiger partial charge in [0, 0.05) is 42.5 Å². The Morgan fingerprint density at radius 3 is 2.41 bits per heavy atom. The monoisotopic (exact) mass is 496 g/mol. The number of sulfonamides is 1. The molecular formula is C25H28N4O3S2. The van der Waals surface area contributed by atoms with Crippen LogP contribution in [0.2, 0.25) is 0 Å². The van der Waals surface area contributed by atoms with Gasteiger partial charge < -0.3 is 5.32 Å². The van der Waals surface area contributed by atoms with Crippen molar-refractivity contribution in [3.8, 4) is 0 Å². The van der Waals surface area contributed by atoms with Crippen LogP contribution in [0, 0.1) is 6.92 Å². The van der Waals surface area contributed by atoms with Crippen LogP contribution in [0.3, 0.4) is 0 Å². The fraction of sp³-hybridized carbons (Fsp3) is 0.320. The summed E-state index contributed by atoms with van der Waals surface area (Å²) < 4.78 is 27.1. The van der Waals surface area contributed by atoms with E-state index in [-0.39, 0.29) is 5.91 Å². The summed E-state index contributed by atoms with van der Waals surface area (Å²) in [5.41, 5.74) is 2.66. The van der Waals surface area contributed by atoms with Gasteiger partial charge in [-0.3, -0.25) is 4.79 Å². The second kappa shape index (κ2) is 11.1. The van der Waals surface area contributed by atoms with Crippen LogP contribution in [0.5, 0.6) is 0 Å². The molecule has 0 aliphatic carbocycles. The number of rotatable bonds is 8. The van der Waals surface area contributed by atoms with Crippen LogP contribution in [-0.2, 0) is 21.2 Å². The summed E-state index contributed by atoms with van der Waals surface area (Å²) in [6, 6.07) is 14.5. The van der Waals surface area contributed by atoms with Gasteiger partial charge in [-0.2, -0.15) is 4.31 Å². The number of aryl methyl sites for hydroxylation is 2. The minimum atomic E-state index is -3.43. The summed E-state index contributed by atoms with van der Waals surface area (Å²) in [7, 11) is -3.43. The molecule has 7 nitrogen and oxygen atoms in total. The van der Waals surface area contributed by atoms with E-state index in [4.69, 9.17) is 0 Å². The van der Waals surface area contributed by atoms with Crippen LogP contribution in [-0.4, -0.2) is 41.7 Å². The number of carbonyl (C=O) groups excluding carboxylic acids is 1. The number of hydrogen-bond donors (Lipinski definition) is 1. The Morgan fingerprint density at radius 1 is 1.03 bits per heavy atom. The van der Waals surface area contributed by atoms with Crippen molar-refractivity contribution in [2.24, 2.45) is 0 Å². The minimum Gasteiger partial charge on any atom is -0.326 e. The summed E-state index contributed by atoms with van der Waals surface area (Å²) >= 11 is 1.47. The lowest BCUT2D eigenvalue weighted by Crippen LogP contribution is -2.35. The Balaban J connectivity index is 1.30. The molecule has 2 aromatic carbocycles. The maximum absolute atomic E-state index is 12.8. The van der Waals surface area contributed by atoms with Crippen molar-refractivity contribution in [1.82, 2.24) is 14.3 Å². The highest BCUT2D eigenvalue weighted by Gasteiger charge is 2.25. The number of hydrogen-bond acceptors (Lipinski definition) is 6. The van der Waals surface area contributed by atoms with Gasteiger partial charge in [0.25, 0.3) is 0 Å². The number of carbonyl (C=O) groups is 1. The van der Waals surface area contributed by atoms with Crippen LogP contribution < -0.4 is 5.32 Å². The number of benzene rings is 2. The lowest BCUT2D eigenvalue weighted by Gasteiger charge is -2.25. The number of amides is 1. The lowest BCUT2D eigenvalue weighted by atomic mass is 10.1. The molecule has 0 bridgehead atoms. The van der Waals surface area contributed by atoms with E-state index in [1.807, 2.05) is 25.1 Å². The standard InChI is InChI=1S/C25H28N4O3S2/c1-19-18-21(33-25-26-14-5-15-27-25)9-12-23(19)28-24(30)13-8-20-6-10-22(11-7-20)34(31,32)29-16-3-2-4-17-29/h5-7,9-12,14-15,18H,2-4,8,13,16-17H2,1H3,(H,28,30). The number of piperidine rings is 1. The zero-order valence-electron chi connectivity index (χ0n) is 19.1. The summed E-state index contributed by atoms with van der Waals surface area (Å²) in [5.74, 6) is -0.0834. The second-order valence-electron chi connectivity index (χ2n) is 8.27. The van der Waals surface area contributed by atoms with Crippen LogP contribution in [0.4, 0.5) is 5.69 Å². The molecule has 1 saturated heterocycles. The molecule has 3 aromatic rings. The second-order valence-corrected chi connectivity index (χ2v) is 11.2. The Hall–Kier alpha value is -2.75. The smallest absolute Gasteiger partial charge is 0.243 e. The Bertz CT molecular complexity index is 1230. The van der Waals surface area contributed by atoms with Gasteiger partial charge >= 0.3 is 0 Å². The molecule has 2 heterocycles. The van der Waals surface area contributed by atoms with Gasteiger partial charge in [0.05, 0.1) is 4.90 Å². The third-order valence-corrected chi connectivity index (χ3v) is 8.54. The number of anilines is 1. The minimum absolute atomic E-state index is 0.0834. The first-order valence-corrected chi connectivity index (χ1v) is 13.6. The zero-order valence-corrected chi connectivity index (χ0v) is 20.7. The van der Waals surface area contributed by atoms with Crippen LogP contribution in [0.25, 0.3) is 0 Å². The third kappa shape index (κ3) is 6.22. The molecule has 0 spiro atoms. The van der Waals surface area contributed by atoms with E-state index in [1.54, 1.807) is 47.0 Å². The van der Waals surface area contributed by atoms with Gasteiger partial charge in [-0.15, -0.1) is 0 Å². The van der Waals surface area contributed by atoms with Gasteiger partial charge in [0.2, 0.25) is 15.9 Å². The van der Waals surface area contributed by atoms with Gasteiger partial charge in [-0.1, -0.05) is 18.6 Å². The molecule has 0 radical (unpaired) electrons. The Morgan fingerprint density at radius 2 is 1.74 bits per heavy atom. The molecule has 9 heteroatoms. The van der Waals surface area contributed by atoms with Crippen LogP contribution in [0.15, 0.2) is 75.9 Å². The molecule has 0 unspecified atom stereocenters. The van der Waals surface area contributed by atoms with E-state index in [9.17, 15) is 13.2 Å². The molecule has 178 valence electrons. The molecule has 1 N–H and O–H groups in total. The van der Waals surface area contributed by atoms with Crippen LogP contribution in [0.1, 0.15) is 36.8 Å². The molecule has 1 aromatic heterocycles. The van der Waals surface area contributed by atoms with Crippen molar-refractivity contribution in [3.05, 3.63) is 72.1 Å². The van der Waals surface area contributed by atoms with E-state index in [0.29, 0.717) is 36.0 Å². The third-order valence-electron chi connectivity index (χ3n) is 5.74. The molecule has 0 saturated carbocycles. The molecule has 1 amide bonds. The highest BCUT2D eigenvalue weighted by Crippen LogP contribution is 2.28. The SMILES string of the molecule is Cc1cc(Sc2ncccn2)ccc1NC(=O)CCc1ccc(S(=O)(=O)N2CCCCC2)cc1. The predicted octanol–water partition coefficient (Wildman–Crippen LogP) is 4.68. The normalized spacial score (nSPS) is 14.6. The fourth-order valence-corrected chi connectivity index (χ4v) is 6.16. The maximum Gasteiger partial charge on any atom is 0.243 e. The van der Waals surface area contributed by atoms with Crippen molar-refractivity contribution < 1.29 is 13.2 Å². The first kappa shape index (κ1) is 24.4. The predicted molar refractivity (Wildman–Crippen MR) is 133 cm³/mol. The first-order valence-electron chi connectivity index (χ1n) is 11.4. The first-order chi connectivity index (χ1) is 16.4. The number of nitrogens with one attached hydrogen (secondary N) is 1. The lowest BCUT2D eigenvalue weighted by molar-refractivity contribution is -0.116. The van der Waals surface area contributed by atoms with Crippen molar-refractivity contribution in [1.29, 1.82) is 0 Å². The summed E-state index contributed by atoms with van der Waals surface area (Å²) in [6.45, 7) is 3.12. The Labute approximate surface area is 205 Å². The average molecular weight is 497 g/mol. The van der Waals surface area contributed by atoms with E-state index in [0.717, 1.165) is 41.0 Å². The molecule has 34 heavy (non-hydrogen) atoms. The van der Waals surface area contributed by atoms with Crippen molar-refractivity contribution in [2.75, 3.05) is 18.4 Å². The van der Waals surface area contributed by atoms with Crippen molar-refractivity contribution in [3.63, 3.8) is 0 Å². The van der Waals surface area contributed by atoms with Gasteiger partial charge in [0.15, 0.2) is 5.16 Å². The molecule has 1 fully saturated rings. The van der Waals surface area contributed by atoms with E-state index in [2.05, 4.69) is 15.3 Å². The molecule has 1 aliphatic heterocycles. The average Bonchev–Trinajstić information content (AvgIpc) is 2.86. The number of nitrogens with zero attached hydrogens (tertiary/aromatic N) is 3. The summed E-state index contributed by atoms with van der Waals surface area (Å²) in [4.78, 5) is 22.3. The molecule has 1 aliphatic rings. The Kier molecular flexibility index (Phi) is 7.97. The summed E-state index contributed by atoms with van der Waals surface area (Å²) in [6.07, 6.45) is 7.16. The van der Waals surface area contributed by atoms with Gasteiger partial charge in [-0.05, 0) is 85.5 Å².